The second-order valence-corrected chi connectivity index (χ2v) is 9.01. The summed E-state index contributed by atoms with van der Waals surface area (Å²) in [6, 6.07) is 22.0. The number of hydrogen-bond donors (Lipinski definition) is 3. The molecule has 0 saturated heterocycles. The molecule has 0 fully saturated rings. The summed E-state index contributed by atoms with van der Waals surface area (Å²) < 4.78 is 34.3. The van der Waals surface area contributed by atoms with Crippen LogP contribution in [0, 0.1) is 10.6 Å². The van der Waals surface area contributed by atoms with Gasteiger partial charge in [0.2, 0.25) is 0 Å². The smallest absolute Gasteiger partial charge is 0.255 e. The van der Waals surface area contributed by atoms with E-state index in [0.29, 0.717) is 16.9 Å². The molecule has 4 rings (SSSR count). The highest BCUT2D eigenvalue weighted by Gasteiger charge is 2.16. The van der Waals surface area contributed by atoms with E-state index in [2.05, 4.69) is 10.3 Å². The van der Waals surface area contributed by atoms with Crippen LogP contribution in [0.15, 0.2) is 101 Å². The van der Waals surface area contributed by atoms with E-state index in [0.717, 1.165) is 11.1 Å². The Hall–Kier alpha value is -4.04. The average Bonchev–Trinajstić information content (AvgIpc) is 2.81. The number of amides is 1. The van der Waals surface area contributed by atoms with Crippen LogP contribution in [0.1, 0.15) is 10.4 Å². The molecule has 0 radical (unpaired) electrons. The van der Waals surface area contributed by atoms with Crippen molar-refractivity contribution in [1.29, 1.82) is 4.78 Å². The first-order chi connectivity index (χ1) is 15.3. The first-order valence-electron chi connectivity index (χ1n) is 9.61. The zero-order valence-electron chi connectivity index (χ0n) is 16.8. The molecule has 0 aliphatic heterocycles. The van der Waals surface area contributed by atoms with E-state index in [4.69, 9.17) is 10.5 Å². The van der Waals surface area contributed by atoms with Crippen molar-refractivity contribution in [1.82, 2.24) is 4.98 Å². The number of hydrogen-bond acceptors (Lipinski definition) is 5. The molecule has 0 unspecified atom stereocenters. The quantitative estimate of drug-likeness (QED) is 0.367. The van der Waals surface area contributed by atoms with Crippen molar-refractivity contribution in [3.8, 4) is 11.1 Å². The normalized spacial score (nSPS) is 12.7. The zero-order valence-corrected chi connectivity index (χ0v) is 17.6. The number of nitrogens with one attached hydrogen (secondary N) is 2. The van der Waals surface area contributed by atoms with Gasteiger partial charge in [-0.25, -0.2) is 18.4 Å². The van der Waals surface area contributed by atoms with Crippen LogP contribution in [-0.4, -0.2) is 15.1 Å². The third kappa shape index (κ3) is 4.35. The summed E-state index contributed by atoms with van der Waals surface area (Å²) in [5.41, 5.74) is 8.69. The number of aromatic nitrogens is 1. The SMILES string of the molecule is N=[S@](=O)(c1ccc(C(=O)Nc2cc(-c3ccc(F)cc3)ccc2N)cc1)c1ccccn1. The average molecular weight is 447 g/mol. The molecule has 4 N–H and O–H groups in total. The second-order valence-electron chi connectivity index (χ2n) is 7.01. The highest BCUT2D eigenvalue weighted by atomic mass is 32.2. The molecule has 8 heteroatoms. The van der Waals surface area contributed by atoms with E-state index in [1.165, 1.54) is 48.7 Å². The van der Waals surface area contributed by atoms with Crippen molar-refractivity contribution in [3.63, 3.8) is 0 Å². The second kappa shape index (κ2) is 8.60. The molecular weight excluding hydrogens is 427 g/mol. The van der Waals surface area contributed by atoms with E-state index >= 15 is 0 Å². The Bertz CT molecular complexity index is 1370. The van der Waals surface area contributed by atoms with E-state index in [9.17, 15) is 13.4 Å². The van der Waals surface area contributed by atoms with Crippen LogP contribution < -0.4 is 11.1 Å². The molecule has 0 aliphatic rings. The third-order valence-corrected chi connectivity index (χ3v) is 6.63. The summed E-state index contributed by atoms with van der Waals surface area (Å²) in [4.78, 5) is 17.0. The Labute approximate surface area is 184 Å². The summed E-state index contributed by atoms with van der Waals surface area (Å²) in [6.07, 6.45) is 1.48. The van der Waals surface area contributed by atoms with Gasteiger partial charge in [-0.15, -0.1) is 0 Å². The van der Waals surface area contributed by atoms with Crippen molar-refractivity contribution >= 4 is 27.0 Å². The number of pyridine rings is 1. The molecule has 0 spiro atoms. The van der Waals surface area contributed by atoms with Crippen LogP contribution in [0.4, 0.5) is 15.8 Å². The van der Waals surface area contributed by atoms with Gasteiger partial charge in [-0.3, -0.25) is 4.79 Å². The summed E-state index contributed by atoms with van der Waals surface area (Å²) in [5.74, 6) is -0.741. The minimum atomic E-state index is -3.28. The molecule has 160 valence electrons. The molecule has 4 aromatic rings. The molecule has 0 saturated carbocycles. The van der Waals surface area contributed by atoms with Gasteiger partial charge in [0, 0.05) is 11.8 Å². The lowest BCUT2D eigenvalue weighted by Gasteiger charge is -2.12. The lowest BCUT2D eigenvalue weighted by atomic mass is 10.0. The number of rotatable bonds is 5. The van der Waals surface area contributed by atoms with Crippen LogP contribution >= 0.6 is 0 Å². The molecule has 1 atom stereocenters. The van der Waals surface area contributed by atoms with Crippen molar-refractivity contribution in [2.45, 2.75) is 9.92 Å². The minimum Gasteiger partial charge on any atom is -0.397 e. The van der Waals surface area contributed by atoms with Gasteiger partial charge in [0.1, 0.15) is 20.6 Å². The Morgan fingerprint density at radius 1 is 0.938 bits per heavy atom. The number of halogens is 1. The molecule has 1 aromatic heterocycles. The van der Waals surface area contributed by atoms with Crippen molar-refractivity contribution in [3.05, 3.63) is 103 Å². The zero-order chi connectivity index (χ0) is 22.7. The fraction of sp³-hybridized carbons (Fsp3) is 0. The summed E-state index contributed by atoms with van der Waals surface area (Å²) in [5, 5.41) is 2.92. The van der Waals surface area contributed by atoms with Crippen LogP contribution in [0.3, 0.4) is 0 Å². The largest absolute Gasteiger partial charge is 0.397 e. The molecular formula is C24H19FN4O2S. The highest BCUT2D eigenvalue weighted by molar-refractivity contribution is 7.92. The highest BCUT2D eigenvalue weighted by Crippen LogP contribution is 2.28. The number of nitrogens with two attached hydrogens (primary N) is 1. The van der Waals surface area contributed by atoms with Crippen LogP contribution in [-0.2, 0) is 9.73 Å². The fourth-order valence-corrected chi connectivity index (χ4v) is 4.36. The minimum absolute atomic E-state index is 0.155. The van der Waals surface area contributed by atoms with Gasteiger partial charge < -0.3 is 11.1 Å². The Morgan fingerprint density at radius 3 is 2.28 bits per heavy atom. The monoisotopic (exact) mass is 446 g/mol. The predicted molar refractivity (Wildman–Crippen MR) is 122 cm³/mol. The summed E-state index contributed by atoms with van der Waals surface area (Å²) in [6.45, 7) is 0. The summed E-state index contributed by atoms with van der Waals surface area (Å²) in [7, 11) is -3.28. The van der Waals surface area contributed by atoms with Crippen molar-refractivity contribution in [2.24, 2.45) is 0 Å². The Balaban J connectivity index is 1.56. The number of benzene rings is 3. The third-order valence-electron chi connectivity index (χ3n) is 4.86. The molecule has 1 heterocycles. The van der Waals surface area contributed by atoms with E-state index in [1.54, 1.807) is 42.5 Å². The van der Waals surface area contributed by atoms with Crippen LogP contribution in [0.25, 0.3) is 11.1 Å². The molecule has 0 bridgehead atoms. The first kappa shape index (κ1) is 21.2. The first-order valence-corrected chi connectivity index (χ1v) is 11.2. The Morgan fingerprint density at radius 2 is 1.62 bits per heavy atom. The fourth-order valence-electron chi connectivity index (χ4n) is 3.12. The topological polar surface area (TPSA) is 109 Å². The van der Waals surface area contributed by atoms with Gasteiger partial charge in [0.15, 0.2) is 0 Å². The number of nitrogen functional groups attached to an aromatic ring is 1. The van der Waals surface area contributed by atoms with E-state index < -0.39 is 15.6 Å². The molecule has 3 aromatic carbocycles. The number of nitrogens with zero attached hydrogens (tertiary/aromatic N) is 1. The maximum Gasteiger partial charge on any atom is 0.255 e. The van der Waals surface area contributed by atoms with Gasteiger partial charge in [0.05, 0.1) is 16.3 Å². The molecule has 32 heavy (non-hydrogen) atoms. The summed E-state index contributed by atoms with van der Waals surface area (Å²) >= 11 is 0. The van der Waals surface area contributed by atoms with Crippen molar-refractivity contribution in [2.75, 3.05) is 11.1 Å². The number of anilines is 2. The Kier molecular flexibility index (Phi) is 5.70. The standard InChI is InChI=1S/C24H19FN4O2S/c25-19-9-4-16(5-10-19)18-8-13-21(26)22(15-18)29-24(30)17-6-11-20(12-7-17)32(27,31)23-3-1-2-14-28-23/h1-15,27H,26H2,(H,29,30)/t32-/m0/s1. The van der Waals surface area contributed by atoms with Gasteiger partial charge in [-0.1, -0.05) is 24.3 Å². The van der Waals surface area contributed by atoms with Crippen LogP contribution in [0.2, 0.25) is 0 Å². The van der Waals surface area contributed by atoms with Crippen LogP contribution in [0.5, 0.6) is 0 Å². The lowest BCUT2D eigenvalue weighted by molar-refractivity contribution is 0.102. The maximum atomic E-state index is 13.2. The lowest BCUT2D eigenvalue weighted by Crippen LogP contribution is -2.13. The van der Waals surface area contributed by atoms with Crippen molar-refractivity contribution < 1.29 is 13.4 Å². The number of carbonyl (C=O) groups is 1. The maximum absolute atomic E-state index is 13.2. The molecule has 0 aliphatic carbocycles. The van der Waals surface area contributed by atoms with Gasteiger partial charge >= 0.3 is 0 Å². The molecule has 1 amide bonds. The van der Waals surface area contributed by atoms with Gasteiger partial charge in [0.25, 0.3) is 5.91 Å². The van der Waals surface area contributed by atoms with Gasteiger partial charge in [-0.2, -0.15) is 0 Å². The molecule has 6 nitrogen and oxygen atoms in total. The van der Waals surface area contributed by atoms with E-state index in [-0.39, 0.29) is 15.7 Å². The predicted octanol–water partition coefficient (Wildman–Crippen LogP) is 5.19. The van der Waals surface area contributed by atoms with E-state index in [1.807, 2.05) is 0 Å². The van der Waals surface area contributed by atoms with Gasteiger partial charge in [-0.05, 0) is 71.8 Å². The number of carbonyl (C=O) groups excluding carboxylic acids is 1.